The first-order chi connectivity index (χ1) is 16.8. The highest BCUT2D eigenvalue weighted by Crippen LogP contribution is 2.26. The summed E-state index contributed by atoms with van der Waals surface area (Å²) in [5.74, 6) is -1.17. The molecule has 4 rings (SSSR count). The summed E-state index contributed by atoms with van der Waals surface area (Å²) in [5.41, 5.74) is 0.379. The smallest absolute Gasteiger partial charge is 0.346 e. The van der Waals surface area contributed by atoms with Gasteiger partial charge in [-0.2, -0.15) is 9.78 Å². The molecule has 0 bridgehead atoms. The molecule has 0 saturated carbocycles. The van der Waals surface area contributed by atoms with Crippen LogP contribution >= 0.6 is 34.8 Å². The van der Waals surface area contributed by atoms with E-state index in [9.17, 15) is 14.4 Å². The lowest BCUT2D eigenvalue weighted by atomic mass is 10.1. The van der Waals surface area contributed by atoms with Gasteiger partial charge in [0, 0.05) is 16.8 Å². The third-order valence-corrected chi connectivity index (χ3v) is 6.19. The highest BCUT2D eigenvalue weighted by molar-refractivity contribution is 6.40. The number of nitrogens with zero attached hydrogens (tertiary/aromatic N) is 2. The van der Waals surface area contributed by atoms with Crippen molar-refractivity contribution in [2.75, 3.05) is 23.7 Å². The highest BCUT2D eigenvalue weighted by atomic mass is 35.5. The lowest BCUT2D eigenvalue weighted by Gasteiger charge is -2.23. The molecule has 0 atom stereocenters. The number of aromatic nitrogens is 2. The molecule has 2 aromatic carbocycles. The molecule has 1 aliphatic heterocycles. The van der Waals surface area contributed by atoms with Crippen molar-refractivity contribution in [3.63, 3.8) is 0 Å². The van der Waals surface area contributed by atoms with Gasteiger partial charge in [-0.15, -0.1) is 0 Å². The average molecular weight is 536 g/mol. The Morgan fingerprint density at radius 3 is 2.31 bits per heavy atom. The molecule has 0 spiro atoms. The molecule has 4 N–H and O–H groups in total. The van der Waals surface area contributed by atoms with Gasteiger partial charge < -0.3 is 21.3 Å². The summed E-state index contributed by atoms with van der Waals surface area (Å²) in [6, 6.07) is 10.5. The van der Waals surface area contributed by atoms with E-state index in [1.54, 1.807) is 30.3 Å². The number of carbonyl (C=O) groups is 3. The van der Waals surface area contributed by atoms with Crippen LogP contribution in [0.5, 0.6) is 0 Å². The Labute approximate surface area is 216 Å². The molecule has 1 fully saturated rings. The molecular formula is C23H21Cl3N6O3. The minimum atomic E-state index is -0.653. The molecule has 3 aromatic rings. The Morgan fingerprint density at radius 2 is 1.63 bits per heavy atom. The van der Waals surface area contributed by atoms with Crippen LogP contribution in [0.2, 0.25) is 15.1 Å². The summed E-state index contributed by atoms with van der Waals surface area (Å²) in [6.45, 7) is 1.55. The Morgan fingerprint density at radius 1 is 0.943 bits per heavy atom. The number of hydrogen-bond donors (Lipinski definition) is 4. The maximum absolute atomic E-state index is 13.1. The van der Waals surface area contributed by atoms with Crippen molar-refractivity contribution < 1.29 is 14.4 Å². The second-order valence-electron chi connectivity index (χ2n) is 7.82. The van der Waals surface area contributed by atoms with Crippen LogP contribution in [0, 0.1) is 0 Å². The molecule has 0 aliphatic carbocycles. The van der Waals surface area contributed by atoms with Crippen molar-refractivity contribution in [2.24, 2.45) is 0 Å². The predicted octanol–water partition coefficient (Wildman–Crippen LogP) is 4.66. The third kappa shape index (κ3) is 6.12. The molecular weight excluding hydrogens is 515 g/mol. The van der Waals surface area contributed by atoms with Crippen molar-refractivity contribution in [3.8, 4) is 0 Å². The van der Waals surface area contributed by atoms with Crippen molar-refractivity contribution in [2.45, 2.75) is 18.9 Å². The maximum atomic E-state index is 13.1. The number of amides is 3. The van der Waals surface area contributed by atoms with E-state index in [1.165, 1.54) is 18.3 Å². The highest BCUT2D eigenvalue weighted by Gasteiger charge is 2.25. The number of anilines is 2. The number of carbonyl (C=O) groups excluding carboxylic acids is 3. The van der Waals surface area contributed by atoms with Crippen LogP contribution in [-0.2, 0) is 0 Å². The predicted molar refractivity (Wildman–Crippen MR) is 136 cm³/mol. The second kappa shape index (κ2) is 11.1. The van der Waals surface area contributed by atoms with Gasteiger partial charge in [0.1, 0.15) is 0 Å². The third-order valence-electron chi connectivity index (χ3n) is 5.33. The lowest BCUT2D eigenvalue weighted by Crippen LogP contribution is -2.43. The van der Waals surface area contributed by atoms with Gasteiger partial charge in [0.05, 0.1) is 27.5 Å². The van der Waals surface area contributed by atoms with Crippen LogP contribution in [0.1, 0.15) is 33.7 Å². The van der Waals surface area contributed by atoms with Crippen LogP contribution < -0.4 is 21.3 Å². The Balaban J connectivity index is 1.62. The fraction of sp³-hybridized carbons (Fsp3) is 0.217. The molecule has 12 heteroatoms. The van der Waals surface area contributed by atoms with E-state index in [-0.39, 0.29) is 33.0 Å². The standard InChI is InChI=1S/C23H21Cl3N6O3/c24-13-3-1-4-15(11-13)29-23(35)32-12-18(30-21(33)19-16(25)5-2-6-17(19)26)20(31-32)22(34)28-14-7-9-27-10-8-14/h1-6,11-12,14,27H,7-10H2,(H,28,34)(H,29,35)(H,30,33). The van der Waals surface area contributed by atoms with Crippen LogP contribution in [0.4, 0.5) is 16.2 Å². The molecule has 182 valence electrons. The first kappa shape index (κ1) is 25.0. The van der Waals surface area contributed by atoms with Crippen molar-refractivity contribution in [3.05, 3.63) is 75.0 Å². The van der Waals surface area contributed by atoms with Gasteiger partial charge in [-0.3, -0.25) is 9.59 Å². The van der Waals surface area contributed by atoms with E-state index < -0.39 is 17.8 Å². The van der Waals surface area contributed by atoms with Crippen LogP contribution in [-0.4, -0.2) is 46.8 Å². The Kier molecular flexibility index (Phi) is 7.92. The summed E-state index contributed by atoms with van der Waals surface area (Å²) in [6.07, 6.45) is 2.75. The van der Waals surface area contributed by atoms with Gasteiger partial charge in [0.2, 0.25) is 0 Å². The number of benzene rings is 2. The Bertz CT molecular complexity index is 1250. The maximum Gasteiger partial charge on any atom is 0.346 e. The van der Waals surface area contributed by atoms with Gasteiger partial charge in [0.15, 0.2) is 5.69 Å². The van der Waals surface area contributed by atoms with Gasteiger partial charge in [-0.25, -0.2) is 4.79 Å². The lowest BCUT2D eigenvalue weighted by molar-refractivity contribution is 0.0925. The molecule has 1 aromatic heterocycles. The SMILES string of the molecule is O=C(NC1CCNCC1)c1nn(C(=O)Nc2cccc(Cl)c2)cc1NC(=O)c1c(Cl)cccc1Cl. The van der Waals surface area contributed by atoms with Gasteiger partial charge in [-0.05, 0) is 56.3 Å². The van der Waals surface area contributed by atoms with Crippen molar-refractivity contribution in [1.82, 2.24) is 20.4 Å². The molecule has 1 saturated heterocycles. The molecule has 1 aliphatic rings. The van der Waals surface area contributed by atoms with Gasteiger partial charge >= 0.3 is 6.03 Å². The second-order valence-corrected chi connectivity index (χ2v) is 9.08. The van der Waals surface area contributed by atoms with Crippen LogP contribution in [0.15, 0.2) is 48.7 Å². The van der Waals surface area contributed by atoms with E-state index in [0.29, 0.717) is 10.7 Å². The number of rotatable bonds is 5. The number of nitrogens with one attached hydrogen (secondary N) is 4. The molecule has 2 heterocycles. The van der Waals surface area contributed by atoms with E-state index in [4.69, 9.17) is 34.8 Å². The fourth-order valence-electron chi connectivity index (χ4n) is 3.60. The first-order valence-electron chi connectivity index (χ1n) is 10.8. The minimum Gasteiger partial charge on any atom is -0.348 e. The molecule has 3 amide bonds. The quantitative estimate of drug-likeness (QED) is 0.379. The summed E-state index contributed by atoms with van der Waals surface area (Å²) in [5, 5.41) is 16.3. The number of halogens is 3. The topological polar surface area (TPSA) is 117 Å². The zero-order chi connectivity index (χ0) is 24.9. The fourth-order valence-corrected chi connectivity index (χ4v) is 4.36. The molecule has 0 unspecified atom stereocenters. The summed E-state index contributed by atoms with van der Waals surface area (Å²) >= 11 is 18.3. The molecule has 0 radical (unpaired) electrons. The van der Waals surface area contributed by atoms with Gasteiger partial charge in [-0.1, -0.05) is 46.9 Å². The molecule has 35 heavy (non-hydrogen) atoms. The van der Waals surface area contributed by atoms with Crippen LogP contribution in [0.25, 0.3) is 0 Å². The normalized spacial score (nSPS) is 13.8. The summed E-state index contributed by atoms with van der Waals surface area (Å²) < 4.78 is 0.933. The van der Waals surface area contributed by atoms with Gasteiger partial charge in [0.25, 0.3) is 11.8 Å². The van der Waals surface area contributed by atoms with E-state index >= 15 is 0 Å². The van der Waals surface area contributed by atoms with E-state index in [0.717, 1.165) is 30.6 Å². The van der Waals surface area contributed by atoms with E-state index in [2.05, 4.69) is 26.4 Å². The zero-order valence-corrected chi connectivity index (χ0v) is 20.5. The van der Waals surface area contributed by atoms with Crippen molar-refractivity contribution >= 4 is 64.0 Å². The largest absolute Gasteiger partial charge is 0.348 e. The molecule has 9 nitrogen and oxygen atoms in total. The van der Waals surface area contributed by atoms with E-state index in [1.807, 2.05) is 0 Å². The number of piperidine rings is 1. The minimum absolute atomic E-state index is 0.0265. The number of hydrogen-bond acceptors (Lipinski definition) is 5. The summed E-state index contributed by atoms with van der Waals surface area (Å²) in [4.78, 5) is 38.8. The Hall–Kier alpha value is -3.11. The average Bonchev–Trinajstić information content (AvgIpc) is 3.24. The first-order valence-corrected chi connectivity index (χ1v) is 11.9. The summed E-state index contributed by atoms with van der Waals surface area (Å²) in [7, 11) is 0. The van der Waals surface area contributed by atoms with Crippen LogP contribution in [0.3, 0.4) is 0 Å². The monoisotopic (exact) mass is 534 g/mol. The van der Waals surface area contributed by atoms with Crippen molar-refractivity contribution in [1.29, 1.82) is 0 Å². The zero-order valence-electron chi connectivity index (χ0n) is 18.3.